The summed E-state index contributed by atoms with van der Waals surface area (Å²) in [7, 11) is 1.53. The number of nitrogens with one attached hydrogen (secondary N) is 1. The van der Waals surface area contributed by atoms with E-state index in [9.17, 15) is 5.11 Å². The number of imidazole rings is 1. The maximum absolute atomic E-state index is 9.73. The Bertz CT molecular complexity index is 1010. The zero-order valence-corrected chi connectivity index (χ0v) is 13.2. The van der Waals surface area contributed by atoms with Crippen molar-refractivity contribution >= 4 is 11.0 Å². The van der Waals surface area contributed by atoms with E-state index in [0.717, 1.165) is 28.0 Å². The Labute approximate surface area is 139 Å². The molecule has 0 radical (unpaired) electrons. The van der Waals surface area contributed by atoms with Gasteiger partial charge in [-0.2, -0.15) is 0 Å². The van der Waals surface area contributed by atoms with Crippen LogP contribution in [-0.4, -0.2) is 22.2 Å². The van der Waals surface area contributed by atoms with Gasteiger partial charge in [-0.15, -0.1) is 0 Å². The Hall–Kier alpha value is -3.27. The molecule has 1 aromatic heterocycles. The van der Waals surface area contributed by atoms with Crippen molar-refractivity contribution in [3.8, 4) is 34.0 Å². The fourth-order valence-electron chi connectivity index (χ4n) is 2.78. The summed E-state index contributed by atoms with van der Waals surface area (Å²) in [5, 5.41) is 9.73. The SMILES string of the molecule is COc1cc(-c2nc3ccc(-c4ccccc4)cc3[nH]2)ccc1O. The van der Waals surface area contributed by atoms with Gasteiger partial charge in [-0.05, 0) is 41.5 Å². The predicted octanol–water partition coefficient (Wildman–Crippen LogP) is 4.61. The van der Waals surface area contributed by atoms with Crippen LogP contribution in [0, 0.1) is 0 Å². The summed E-state index contributed by atoms with van der Waals surface area (Å²) >= 11 is 0. The van der Waals surface area contributed by atoms with E-state index in [2.05, 4.69) is 34.2 Å². The standard InChI is InChI=1S/C20H16N2O2/c1-24-19-12-15(8-10-18(19)23)20-21-16-9-7-14(11-17(16)22-20)13-5-3-2-4-6-13/h2-12,23H,1H3,(H,21,22). The van der Waals surface area contributed by atoms with E-state index in [0.29, 0.717) is 5.75 Å². The number of aromatic nitrogens is 2. The molecule has 4 aromatic rings. The highest BCUT2D eigenvalue weighted by Crippen LogP contribution is 2.31. The Balaban J connectivity index is 1.79. The maximum atomic E-state index is 9.73. The van der Waals surface area contributed by atoms with Gasteiger partial charge in [0.05, 0.1) is 18.1 Å². The molecule has 4 heteroatoms. The third-order valence-corrected chi connectivity index (χ3v) is 4.04. The molecule has 24 heavy (non-hydrogen) atoms. The van der Waals surface area contributed by atoms with Gasteiger partial charge in [-0.1, -0.05) is 36.4 Å². The van der Waals surface area contributed by atoms with Crippen LogP contribution in [0.15, 0.2) is 66.7 Å². The number of methoxy groups -OCH3 is 1. The molecule has 0 unspecified atom stereocenters. The lowest BCUT2D eigenvalue weighted by molar-refractivity contribution is 0.373. The number of hydrogen-bond donors (Lipinski definition) is 2. The topological polar surface area (TPSA) is 58.1 Å². The highest BCUT2D eigenvalue weighted by atomic mass is 16.5. The molecule has 0 aliphatic rings. The van der Waals surface area contributed by atoms with Crippen molar-refractivity contribution in [3.05, 3.63) is 66.7 Å². The number of fused-ring (bicyclic) bond motifs is 1. The number of rotatable bonds is 3. The second-order valence-electron chi connectivity index (χ2n) is 5.57. The zero-order chi connectivity index (χ0) is 16.5. The van der Waals surface area contributed by atoms with Gasteiger partial charge in [0.2, 0.25) is 0 Å². The molecule has 0 amide bonds. The molecule has 4 rings (SSSR count). The van der Waals surface area contributed by atoms with Crippen LogP contribution in [0.1, 0.15) is 0 Å². The van der Waals surface area contributed by atoms with E-state index < -0.39 is 0 Å². The molecular weight excluding hydrogens is 300 g/mol. The second-order valence-corrected chi connectivity index (χ2v) is 5.57. The fourth-order valence-corrected chi connectivity index (χ4v) is 2.78. The van der Waals surface area contributed by atoms with Crippen LogP contribution in [0.25, 0.3) is 33.5 Å². The summed E-state index contributed by atoms with van der Waals surface area (Å²) in [6.45, 7) is 0. The third-order valence-electron chi connectivity index (χ3n) is 4.04. The largest absolute Gasteiger partial charge is 0.504 e. The van der Waals surface area contributed by atoms with Crippen molar-refractivity contribution in [1.82, 2.24) is 9.97 Å². The molecule has 2 N–H and O–H groups in total. The molecule has 0 saturated carbocycles. The molecule has 0 bridgehead atoms. The summed E-state index contributed by atoms with van der Waals surface area (Å²) in [4.78, 5) is 7.97. The molecule has 0 aliphatic carbocycles. The van der Waals surface area contributed by atoms with Crippen LogP contribution in [0.2, 0.25) is 0 Å². The van der Waals surface area contributed by atoms with Crippen molar-refractivity contribution < 1.29 is 9.84 Å². The van der Waals surface area contributed by atoms with Crippen molar-refractivity contribution in [2.75, 3.05) is 7.11 Å². The van der Waals surface area contributed by atoms with Crippen LogP contribution in [0.4, 0.5) is 0 Å². The maximum Gasteiger partial charge on any atom is 0.161 e. The first-order valence-electron chi connectivity index (χ1n) is 7.67. The van der Waals surface area contributed by atoms with Gasteiger partial charge in [-0.25, -0.2) is 4.98 Å². The normalized spacial score (nSPS) is 10.9. The fraction of sp³-hybridized carbons (Fsp3) is 0.0500. The number of hydrogen-bond acceptors (Lipinski definition) is 3. The van der Waals surface area contributed by atoms with Crippen LogP contribution >= 0.6 is 0 Å². The minimum absolute atomic E-state index is 0.115. The van der Waals surface area contributed by atoms with Gasteiger partial charge in [-0.3, -0.25) is 0 Å². The summed E-state index contributed by atoms with van der Waals surface area (Å²) in [6.07, 6.45) is 0. The van der Waals surface area contributed by atoms with Crippen molar-refractivity contribution in [2.24, 2.45) is 0 Å². The van der Waals surface area contributed by atoms with Gasteiger partial charge in [0.1, 0.15) is 5.82 Å². The number of aromatic amines is 1. The van der Waals surface area contributed by atoms with Crippen molar-refractivity contribution in [3.63, 3.8) is 0 Å². The average Bonchev–Trinajstić information content (AvgIpc) is 3.06. The Morgan fingerprint density at radius 2 is 1.67 bits per heavy atom. The molecule has 0 atom stereocenters. The van der Waals surface area contributed by atoms with E-state index in [1.165, 1.54) is 12.7 Å². The first-order valence-corrected chi connectivity index (χ1v) is 7.67. The van der Waals surface area contributed by atoms with Gasteiger partial charge in [0.15, 0.2) is 11.5 Å². The minimum atomic E-state index is 0.115. The average molecular weight is 316 g/mol. The number of H-pyrrole nitrogens is 1. The number of nitrogens with zero attached hydrogens (tertiary/aromatic N) is 1. The number of phenols is 1. The van der Waals surface area contributed by atoms with E-state index in [1.807, 2.05) is 30.3 Å². The van der Waals surface area contributed by atoms with E-state index in [4.69, 9.17) is 4.74 Å². The molecule has 0 aliphatic heterocycles. The van der Waals surface area contributed by atoms with Gasteiger partial charge >= 0.3 is 0 Å². The van der Waals surface area contributed by atoms with Gasteiger partial charge in [0, 0.05) is 5.56 Å². The van der Waals surface area contributed by atoms with E-state index in [1.54, 1.807) is 12.1 Å². The second kappa shape index (κ2) is 5.74. The van der Waals surface area contributed by atoms with Crippen molar-refractivity contribution in [2.45, 2.75) is 0 Å². The molecule has 1 heterocycles. The quantitative estimate of drug-likeness (QED) is 0.580. The van der Waals surface area contributed by atoms with Crippen molar-refractivity contribution in [1.29, 1.82) is 0 Å². The summed E-state index contributed by atoms with van der Waals surface area (Å²) in [5.41, 5.74) is 5.04. The first kappa shape index (κ1) is 14.3. The lowest BCUT2D eigenvalue weighted by atomic mass is 10.1. The highest BCUT2D eigenvalue weighted by Gasteiger charge is 2.09. The highest BCUT2D eigenvalue weighted by molar-refractivity contribution is 5.84. The van der Waals surface area contributed by atoms with E-state index in [-0.39, 0.29) is 5.75 Å². The lowest BCUT2D eigenvalue weighted by Crippen LogP contribution is -1.86. The number of aromatic hydroxyl groups is 1. The van der Waals surface area contributed by atoms with Gasteiger partial charge < -0.3 is 14.8 Å². The van der Waals surface area contributed by atoms with Crippen LogP contribution in [0.3, 0.4) is 0 Å². The van der Waals surface area contributed by atoms with Crippen LogP contribution < -0.4 is 4.74 Å². The monoisotopic (exact) mass is 316 g/mol. The smallest absolute Gasteiger partial charge is 0.161 e. The molecule has 0 saturated heterocycles. The van der Waals surface area contributed by atoms with Crippen LogP contribution in [-0.2, 0) is 0 Å². The van der Waals surface area contributed by atoms with E-state index >= 15 is 0 Å². The van der Waals surface area contributed by atoms with Crippen LogP contribution in [0.5, 0.6) is 11.5 Å². The summed E-state index contributed by atoms with van der Waals surface area (Å²) < 4.78 is 5.17. The lowest BCUT2D eigenvalue weighted by Gasteiger charge is -2.04. The predicted molar refractivity (Wildman–Crippen MR) is 95.2 cm³/mol. The Kier molecular flexibility index (Phi) is 3.43. The first-order chi connectivity index (χ1) is 11.7. The summed E-state index contributed by atoms with van der Waals surface area (Å²) in [5.74, 6) is 1.29. The number of phenolic OH excluding ortho intramolecular Hbond substituents is 1. The molecule has 3 aromatic carbocycles. The minimum Gasteiger partial charge on any atom is -0.504 e. The molecular formula is C20H16N2O2. The zero-order valence-electron chi connectivity index (χ0n) is 13.2. The molecule has 0 fully saturated rings. The van der Waals surface area contributed by atoms with Gasteiger partial charge in [0.25, 0.3) is 0 Å². The number of ether oxygens (including phenoxy) is 1. The Morgan fingerprint density at radius 3 is 2.46 bits per heavy atom. The Morgan fingerprint density at radius 1 is 0.875 bits per heavy atom. The number of benzene rings is 3. The molecule has 0 spiro atoms. The molecule has 118 valence electrons. The third kappa shape index (κ3) is 2.48. The summed E-state index contributed by atoms with van der Waals surface area (Å²) in [6, 6.07) is 21.6. The molecule has 4 nitrogen and oxygen atoms in total.